The first kappa shape index (κ1) is 15.4. The molecule has 106 valence electrons. The largest absolute Gasteiger partial charge is 0.389 e. The Morgan fingerprint density at radius 1 is 1.45 bits per heavy atom. The molecule has 0 aliphatic carbocycles. The van der Waals surface area contributed by atoms with Crippen molar-refractivity contribution in [1.82, 2.24) is 4.98 Å². The van der Waals surface area contributed by atoms with E-state index in [0.717, 1.165) is 26.4 Å². The van der Waals surface area contributed by atoms with Crippen molar-refractivity contribution in [3.8, 4) is 0 Å². The molecule has 1 heterocycles. The number of nitrogens with one attached hydrogen (secondary N) is 1. The summed E-state index contributed by atoms with van der Waals surface area (Å²) in [6.07, 6.45) is 0. The summed E-state index contributed by atoms with van der Waals surface area (Å²) in [5.74, 6) is 0. The van der Waals surface area contributed by atoms with Crippen molar-refractivity contribution in [3.63, 3.8) is 0 Å². The standard InChI is InChI=1S/C14H16BrN3S2/c1-7-13(20-9(3)17-7)8(2)18-11-6-4-5-10(15)12(11)14(16)19/h4-6,8,18H,1-3H3,(H2,16,19). The van der Waals surface area contributed by atoms with Crippen LogP contribution in [0, 0.1) is 13.8 Å². The Labute approximate surface area is 136 Å². The van der Waals surface area contributed by atoms with Crippen LogP contribution >= 0.6 is 39.5 Å². The van der Waals surface area contributed by atoms with Crippen molar-refractivity contribution in [1.29, 1.82) is 0 Å². The fraction of sp³-hybridized carbons (Fsp3) is 0.286. The number of hydrogen-bond acceptors (Lipinski definition) is 4. The van der Waals surface area contributed by atoms with Gasteiger partial charge in [-0.2, -0.15) is 0 Å². The van der Waals surface area contributed by atoms with Crippen molar-refractivity contribution in [3.05, 3.63) is 43.8 Å². The molecular formula is C14H16BrN3S2. The number of benzene rings is 1. The average molecular weight is 370 g/mol. The van der Waals surface area contributed by atoms with Crippen LogP contribution in [0.25, 0.3) is 0 Å². The molecule has 1 aromatic carbocycles. The van der Waals surface area contributed by atoms with Crippen LogP contribution in [-0.2, 0) is 0 Å². The molecule has 2 aromatic rings. The van der Waals surface area contributed by atoms with Crippen molar-refractivity contribution in [2.75, 3.05) is 5.32 Å². The molecule has 0 saturated heterocycles. The summed E-state index contributed by atoms with van der Waals surface area (Å²) >= 11 is 10.3. The van der Waals surface area contributed by atoms with Crippen LogP contribution in [0.2, 0.25) is 0 Å². The molecule has 6 heteroatoms. The molecule has 0 amide bonds. The van der Waals surface area contributed by atoms with Crippen molar-refractivity contribution in [2.45, 2.75) is 26.8 Å². The first-order chi connectivity index (χ1) is 9.40. The number of anilines is 1. The number of aryl methyl sites for hydroxylation is 2. The van der Waals surface area contributed by atoms with Crippen LogP contribution in [0.3, 0.4) is 0 Å². The second-order valence-corrected chi connectivity index (χ2v) is 7.10. The molecule has 0 spiro atoms. The van der Waals surface area contributed by atoms with Crippen molar-refractivity contribution < 1.29 is 0 Å². The summed E-state index contributed by atoms with van der Waals surface area (Å²) in [6, 6.07) is 6.04. The molecule has 3 N–H and O–H groups in total. The highest BCUT2D eigenvalue weighted by molar-refractivity contribution is 9.10. The van der Waals surface area contributed by atoms with Gasteiger partial charge in [0.05, 0.1) is 16.7 Å². The molecule has 1 atom stereocenters. The predicted molar refractivity (Wildman–Crippen MR) is 93.7 cm³/mol. The molecule has 20 heavy (non-hydrogen) atoms. The lowest BCUT2D eigenvalue weighted by Crippen LogP contribution is -2.15. The van der Waals surface area contributed by atoms with E-state index >= 15 is 0 Å². The average Bonchev–Trinajstić information content (AvgIpc) is 2.68. The third-order valence-corrected chi connectivity index (χ3v) is 5.09. The lowest BCUT2D eigenvalue weighted by atomic mass is 10.1. The Hall–Kier alpha value is -0.980. The molecule has 0 fully saturated rings. The monoisotopic (exact) mass is 369 g/mol. The van der Waals surface area contributed by atoms with Crippen LogP contribution in [-0.4, -0.2) is 9.97 Å². The predicted octanol–water partition coefficient (Wildman–Crippen LogP) is 4.33. The van der Waals surface area contributed by atoms with Crippen LogP contribution < -0.4 is 11.1 Å². The third kappa shape index (κ3) is 3.19. The Bertz CT molecular complexity index is 652. The number of aromatic nitrogens is 1. The molecule has 0 radical (unpaired) electrons. The lowest BCUT2D eigenvalue weighted by molar-refractivity contribution is 0.889. The minimum Gasteiger partial charge on any atom is -0.389 e. The van der Waals surface area contributed by atoms with E-state index in [-0.39, 0.29) is 6.04 Å². The molecule has 1 unspecified atom stereocenters. The molecule has 0 aliphatic rings. The van der Waals surface area contributed by atoms with E-state index in [1.807, 2.05) is 32.0 Å². The maximum atomic E-state index is 5.82. The fourth-order valence-electron chi connectivity index (χ4n) is 2.14. The lowest BCUT2D eigenvalue weighted by Gasteiger charge is -2.18. The van der Waals surface area contributed by atoms with Gasteiger partial charge in [0.25, 0.3) is 0 Å². The third-order valence-electron chi connectivity index (χ3n) is 2.96. The van der Waals surface area contributed by atoms with Crippen LogP contribution in [0.5, 0.6) is 0 Å². The van der Waals surface area contributed by atoms with Gasteiger partial charge in [0.1, 0.15) is 4.99 Å². The minimum absolute atomic E-state index is 0.156. The highest BCUT2D eigenvalue weighted by Crippen LogP contribution is 2.31. The maximum Gasteiger partial charge on any atom is 0.107 e. The summed E-state index contributed by atoms with van der Waals surface area (Å²) in [7, 11) is 0. The number of thiocarbonyl (C=S) groups is 1. The minimum atomic E-state index is 0.156. The summed E-state index contributed by atoms with van der Waals surface area (Å²) in [4.78, 5) is 6.08. The highest BCUT2D eigenvalue weighted by atomic mass is 79.9. The number of hydrogen-bond donors (Lipinski definition) is 2. The SMILES string of the molecule is Cc1nc(C)c(C(C)Nc2cccc(Br)c2C(N)=S)s1. The zero-order chi connectivity index (χ0) is 14.9. The van der Waals surface area contributed by atoms with Gasteiger partial charge < -0.3 is 11.1 Å². The van der Waals surface area contributed by atoms with Gasteiger partial charge in [-0.3, -0.25) is 0 Å². The topological polar surface area (TPSA) is 50.9 Å². The quantitative estimate of drug-likeness (QED) is 0.787. The van der Waals surface area contributed by atoms with Crippen LogP contribution in [0.1, 0.15) is 34.1 Å². The number of nitrogens with two attached hydrogens (primary N) is 1. The smallest absolute Gasteiger partial charge is 0.107 e. The van der Waals surface area contributed by atoms with Gasteiger partial charge >= 0.3 is 0 Å². The zero-order valence-electron chi connectivity index (χ0n) is 11.5. The molecular weight excluding hydrogens is 354 g/mol. The zero-order valence-corrected chi connectivity index (χ0v) is 14.7. The van der Waals surface area contributed by atoms with E-state index in [1.165, 1.54) is 4.88 Å². The van der Waals surface area contributed by atoms with Gasteiger partial charge in [0.2, 0.25) is 0 Å². The first-order valence-electron chi connectivity index (χ1n) is 6.19. The van der Waals surface area contributed by atoms with Crippen molar-refractivity contribution >= 4 is 50.2 Å². The number of nitrogens with zero attached hydrogens (tertiary/aromatic N) is 1. The molecule has 2 rings (SSSR count). The number of rotatable bonds is 4. The van der Waals surface area contributed by atoms with Crippen molar-refractivity contribution in [2.24, 2.45) is 5.73 Å². The second kappa shape index (κ2) is 6.20. The Morgan fingerprint density at radius 3 is 2.70 bits per heavy atom. The van der Waals surface area contributed by atoms with Crippen LogP contribution in [0.15, 0.2) is 22.7 Å². The van der Waals surface area contributed by atoms with E-state index in [1.54, 1.807) is 11.3 Å². The Kier molecular flexibility index (Phi) is 4.78. The van der Waals surface area contributed by atoms with Gasteiger partial charge in [-0.1, -0.05) is 18.3 Å². The van der Waals surface area contributed by atoms with E-state index in [0.29, 0.717) is 4.99 Å². The van der Waals surface area contributed by atoms with Gasteiger partial charge in [-0.25, -0.2) is 4.98 Å². The van der Waals surface area contributed by atoms with Gasteiger partial charge in [0, 0.05) is 20.6 Å². The molecule has 3 nitrogen and oxygen atoms in total. The molecule has 0 aliphatic heterocycles. The van der Waals surface area contributed by atoms with Gasteiger partial charge in [-0.15, -0.1) is 11.3 Å². The maximum absolute atomic E-state index is 5.82. The normalized spacial score (nSPS) is 12.2. The summed E-state index contributed by atoms with van der Waals surface area (Å²) < 4.78 is 0.902. The molecule has 0 bridgehead atoms. The fourth-order valence-corrected chi connectivity index (χ4v) is 4.00. The number of halogens is 1. The van der Waals surface area contributed by atoms with E-state index < -0.39 is 0 Å². The van der Waals surface area contributed by atoms with Gasteiger partial charge in [0.15, 0.2) is 0 Å². The Balaban J connectivity index is 2.33. The Morgan fingerprint density at radius 2 is 2.15 bits per heavy atom. The summed E-state index contributed by atoms with van der Waals surface area (Å²) in [6.45, 7) is 6.17. The molecule has 0 saturated carbocycles. The van der Waals surface area contributed by atoms with E-state index in [9.17, 15) is 0 Å². The van der Waals surface area contributed by atoms with E-state index in [4.69, 9.17) is 18.0 Å². The van der Waals surface area contributed by atoms with Gasteiger partial charge in [-0.05, 0) is 48.8 Å². The summed E-state index contributed by atoms with van der Waals surface area (Å²) in [5.41, 5.74) is 8.66. The van der Waals surface area contributed by atoms with Crippen LogP contribution in [0.4, 0.5) is 5.69 Å². The number of thiazole rings is 1. The summed E-state index contributed by atoms with van der Waals surface area (Å²) in [5, 5.41) is 4.55. The second-order valence-electron chi connectivity index (χ2n) is 4.58. The highest BCUT2D eigenvalue weighted by Gasteiger charge is 2.16. The van der Waals surface area contributed by atoms with E-state index in [2.05, 4.69) is 33.2 Å². The molecule has 1 aromatic heterocycles. The first-order valence-corrected chi connectivity index (χ1v) is 8.20.